The first kappa shape index (κ1) is 36.5. The molecule has 10 nitrogen and oxygen atoms in total. The summed E-state index contributed by atoms with van der Waals surface area (Å²) in [6, 6.07) is 9.83. The average molecular weight is 723 g/mol. The highest BCUT2D eigenvalue weighted by molar-refractivity contribution is 7.92. The lowest BCUT2D eigenvalue weighted by Crippen LogP contribution is -2.46. The molecular formula is C30H28F6N2O8S2. The highest BCUT2D eigenvalue weighted by atomic mass is 32.2. The lowest BCUT2D eigenvalue weighted by atomic mass is 10.1. The average Bonchev–Trinajstić information content (AvgIpc) is 2.94. The van der Waals surface area contributed by atoms with Crippen molar-refractivity contribution in [3.8, 4) is 5.75 Å². The van der Waals surface area contributed by atoms with Crippen molar-refractivity contribution >= 4 is 37.6 Å². The lowest BCUT2D eigenvalue weighted by Gasteiger charge is -2.35. The molecular weight excluding hydrogens is 694 g/mol. The molecule has 1 heterocycles. The third-order valence-corrected chi connectivity index (χ3v) is 9.82. The summed E-state index contributed by atoms with van der Waals surface area (Å²) >= 11 is 0. The Labute approximate surface area is 271 Å². The van der Waals surface area contributed by atoms with E-state index >= 15 is 0 Å². The zero-order valence-corrected chi connectivity index (χ0v) is 27.0. The Balaban J connectivity index is 1.68. The van der Waals surface area contributed by atoms with Crippen molar-refractivity contribution in [3.63, 3.8) is 0 Å². The van der Waals surface area contributed by atoms with Gasteiger partial charge in [-0.1, -0.05) is 24.3 Å². The van der Waals surface area contributed by atoms with Crippen LogP contribution in [0.3, 0.4) is 0 Å². The second-order valence-electron chi connectivity index (χ2n) is 11.6. The molecule has 0 spiro atoms. The minimum Gasteiger partial charge on any atom is -0.486 e. The summed E-state index contributed by atoms with van der Waals surface area (Å²) in [5.41, 5.74) is -3.62. The molecule has 0 unspecified atom stereocenters. The van der Waals surface area contributed by atoms with Gasteiger partial charge in [-0.15, -0.1) is 0 Å². The molecule has 0 saturated heterocycles. The van der Waals surface area contributed by atoms with Crippen LogP contribution in [-0.2, 0) is 53.1 Å². The van der Waals surface area contributed by atoms with Crippen LogP contribution in [0.15, 0.2) is 76.5 Å². The number of fused-ring (bicyclic) bond motifs is 1. The first-order valence-corrected chi connectivity index (χ1v) is 16.8. The molecule has 0 radical (unpaired) electrons. The van der Waals surface area contributed by atoms with E-state index in [2.05, 4.69) is 0 Å². The standard InChI is InChI=1S/C30H28F6N2O8S2/c1-28(2,3)46-27(40)14-18-11-12-24-23(13-18)38(48(43,44)21-8-6-7-19(15-21)29(31,32)33)17-20(45-24)16-26(39)37-47(41,42)25-10-5-4-9-22(25)30(34,35)36/h4-13,15,20H,14,16-17H2,1-3H3,(H,37,39)/t20-/m0/s1. The Morgan fingerprint density at radius 3 is 2.19 bits per heavy atom. The normalized spacial score (nSPS) is 15.7. The molecule has 260 valence electrons. The number of nitrogens with zero attached hydrogens (tertiary/aromatic N) is 1. The molecule has 18 heteroatoms. The van der Waals surface area contributed by atoms with E-state index in [1.54, 1.807) is 20.8 Å². The number of hydrogen-bond acceptors (Lipinski definition) is 8. The molecule has 1 N–H and O–H groups in total. The van der Waals surface area contributed by atoms with Gasteiger partial charge >= 0.3 is 18.3 Å². The first-order chi connectivity index (χ1) is 22.0. The number of anilines is 1. The molecule has 0 saturated carbocycles. The number of sulfonamides is 2. The van der Waals surface area contributed by atoms with E-state index < -0.39 is 89.9 Å². The monoisotopic (exact) mass is 722 g/mol. The molecule has 1 aliphatic heterocycles. The van der Waals surface area contributed by atoms with Crippen LogP contribution in [0.4, 0.5) is 32.0 Å². The van der Waals surface area contributed by atoms with Crippen molar-refractivity contribution in [3.05, 3.63) is 83.4 Å². The number of halogens is 6. The minimum atomic E-state index is -5.08. The number of esters is 1. The molecule has 1 atom stereocenters. The van der Waals surface area contributed by atoms with Gasteiger partial charge < -0.3 is 9.47 Å². The van der Waals surface area contributed by atoms with Crippen LogP contribution in [0.5, 0.6) is 5.75 Å². The van der Waals surface area contributed by atoms with Gasteiger partial charge in [0.2, 0.25) is 5.91 Å². The smallest absolute Gasteiger partial charge is 0.417 e. The largest absolute Gasteiger partial charge is 0.486 e. The summed E-state index contributed by atoms with van der Waals surface area (Å²) in [6.45, 7) is 4.15. The van der Waals surface area contributed by atoms with Crippen molar-refractivity contribution in [2.75, 3.05) is 10.8 Å². The molecule has 0 aliphatic carbocycles. The van der Waals surface area contributed by atoms with Gasteiger partial charge in [0.25, 0.3) is 20.0 Å². The van der Waals surface area contributed by atoms with Gasteiger partial charge in [0.1, 0.15) is 17.5 Å². The summed E-state index contributed by atoms with van der Waals surface area (Å²) in [5, 5.41) is 0. The number of rotatable bonds is 8. The van der Waals surface area contributed by atoms with Gasteiger partial charge in [-0.2, -0.15) is 26.3 Å². The van der Waals surface area contributed by atoms with E-state index in [9.17, 15) is 52.8 Å². The Morgan fingerprint density at radius 1 is 0.896 bits per heavy atom. The summed E-state index contributed by atoms with van der Waals surface area (Å²) in [4.78, 5) is 23.3. The topological polar surface area (TPSA) is 136 Å². The second kappa shape index (κ2) is 12.9. The minimum absolute atomic E-state index is 0.201. The number of amides is 1. The molecule has 48 heavy (non-hydrogen) atoms. The number of hydrogen-bond donors (Lipinski definition) is 1. The maximum absolute atomic E-state index is 13.8. The Morgan fingerprint density at radius 2 is 1.56 bits per heavy atom. The van der Waals surface area contributed by atoms with E-state index in [0.717, 1.165) is 24.3 Å². The summed E-state index contributed by atoms with van der Waals surface area (Å²) in [7, 11) is -9.91. The SMILES string of the molecule is CC(C)(C)OC(=O)Cc1ccc2c(c1)N(S(=O)(=O)c1cccc(C(F)(F)F)c1)C[C@H](CC(=O)NS(=O)(=O)c1ccccc1C(F)(F)F)O2. The number of carbonyl (C=O) groups is 2. The predicted molar refractivity (Wildman–Crippen MR) is 158 cm³/mol. The molecule has 3 aromatic rings. The predicted octanol–water partition coefficient (Wildman–Crippen LogP) is 5.46. The maximum atomic E-state index is 13.8. The van der Waals surface area contributed by atoms with Crippen molar-refractivity contribution in [1.82, 2.24) is 4.72 Å². The van der Waals surface area contributed by atoms with Crippen LogP contribution < -0.4 is 13.8 Å². The summed E-state index contributed by atoms with van der Waals surface area (Å²) in [6.07, 6.45) is -12.7. The fraction of sp³-hybridized carbons (Fsp3) is 0.333. The van der Waals surface area contributed by atoms with Crippen molar-refractivity contribution < 1.29 is 62.2 Å². The van der Waals surface area contributed by atoms with Crippen LogP contribution in [-0.4, -0.2) is 47.0 Å². The zero-order chi connectivity index (χ0) is 35.9. The van der Waals surface area contributed by atoms with E-state index in [1.165, 1.54) is 22.9 Å². The molecule has 1 amide bonds. The van der Waals surface area contributed by atoms with E-state index in [4.69, 9.17) is 9.47 Å². The number of alkyl halides is 6. The van der Waals surface area contributed by atoms with E-state index in [-0.39, 0.29) is 23.4 Å². The fourth-order valence-corrected chi connectivity index (χ4v) is 7.46. The fourth-order valence-electron chi connectivity index (χ4n) is 4.69. The summed E-state index contributed by atoms with van der Waals surface area (Å²) < 4.78 is 147. The Bertz CT molecular complexity index is 1940. The molecule has 0 bridgehead atoms. The third kappa shape index (κ3) is 8.58. The first-order valence-electron chi connectivity index (χ1n) is 13.9. The van der Waals surface area contributed by atoms with Crippen LogP contribution in [0.25, 0.3) is 0 Å². The van der Waals surface area contributed by atoms with Gasteiger partial charge in [-0.25, -0.2) is 21.6 Å². The Hall–Kier alpha value is -4.32. The quantitative estimate of drug-likeness (QED) is 0.239. The maximum Gasteiger partial charge on any atom is 0.417 e. The van der Waals surface area contributed by atoms with E-state index in [1.807, 2.05) is 0 Å². The molecule has 0 fully saturated rings. The number of ether oxygens (including phenoxy) is 2. The molecule has 4 rings (SSSR count). The molecule has 0 aromatic heterocycles. The van der Waals surface area contributed by atoms with Gasteiger partial charge in [0.15, 0.2) is 0 Å². The van der Waals surface area contributed by atoms with Crippen molar-refractivity contribution in [2.45, 2.75) is 67.5 Å². The van der Waals surface area contributed by atoms with Crippen LogP contribution in [0.2, 0.25) is 0 Å². The highest BCUT2D eigenvalue weighted by Gasteiger charge is 2.40. The van der Waals surface area contributed by atoms with E-state index in [0.29, 0.717) is 28.6 Å². The molecule has 1 aliphatic rings. The van der Waals surface area contributed by atoms with Gasteiger partial charge in [-0.3, -0.25) is 13.9 Å². The molecule has 3 aromatic carbocycles. The number of carbonyl (C=O) groups excluding carboxylic acids is 2. The second-order valence-corrected chi connectivity index (χ2v) is 15.1. The van der Waals surface area contributed by atoms with Crippen molar-refractivity contribution in [2.24, 2.45) is 0 Å². The van der Waals surface area contributed by atoms with Gasteiger partial charge in [-0.05, 0) is 68.8 Å². The zero-order valence-electron chi connectivity index (χ0n) is 25.3. The van der Waals surface area contributed by atoms with Gasteiger partial charge in [0, 0.05) is 0 Å². The van der Waals surface area contributed by atoms with Crippen LogP contribution in [0, 0.1) is 0 Å². The summed E-state index contributed by atoms with van der Waals surface area (Å²) in [5.74, 6) is -2.24. The third-order valence-electron chi connectivity index (χ3n) is 6.62. The van der Waals surface area contributed by atoms with Crippen molar-refractivity contribution in [1.29, 1.82) is 0 Å². The van der Waals surface area contributed by atoms with Crippen LogP contribution >= 0.6 is 0 Å². The van der Waals surface area contributed by atoms with Crippen LogP contribution in [0.1, 0.15) is 43.9 Å². The number of benzene rings is 3. The highest BCUT2D eigenvalue weighted by Crippen LogP contribution is 2.40. The van der Waals surface area contributed by atoms with Gasteiger partial charge in [0.05, 0.1) is 46.0 Å². The number of nitrogens with one attached hydrogen (secondary N) is 1. The lowest BCUT2D eigenvalue weighted by molar-refractivity contribution is -0.154. The Kier molecular flexibility index (Phi) is 9.85.